The average Bonchev–Trinajstić information content (AvgIpc) is 2.69. The van der Waals surface area contributed by atoms with Gasteiger partial charge in [-0.3, -0.25) is 4.55 Å². The second-order valence-electron chi connectivity index (χ2n) is 3.57. The van der Waals surface area contributed by atoms with Gasteiger partial charge in [0.05, 0.1) is 11.5 Å². The molecule has 0 saturated carbocycles. The highest BCUT2D eigenvalue weighted by atomic mass is 32.2. The van der Waals surface area contributed by atoms with E-state index in [2.05, 4.69) is 0 Å². The van der Waals surface area contributed by atoms with Crippen LogP contribution in [0.4, 0.5) is 0 Å². The minimum atomic E-state index is -4.13. The molecule has 1 aliphatic heterocycles. The van der Waals surface area contributed by atoms with E-state index >= 15 is 0 Å². The van der Waals surface area contributed by atoms with Gasteiger partial charge in [-0.15, -0.1) is 0 Å². The summed E-state index contributed by atoms with van der Waals surface area (Å²) in [4.78, 5) is 0.000463. The summed E-state index contributed by atoms with van der Waals surface area (Å²) >= 11 is 0. The summed E-state index contributed by atoms with van der Waals surface area (Å²) in [6.45, 7) is 1.16. The van der Waals surface area contributed by atoms with Crippen molar-refractivity contribution in [3.8, 4) is 0 Å². The molecule has 4 nitrogen and oxygen atoms in total. The fraction of sp³-hybridized carbons (Fsp3) is 0.400. The van der Waals surface area contributed by atoms with Gasteiger partial charge in [0.15, 0.2) is 0 Å². The lowest BCUT2D eigenvalue weighted by Gasteiger charge is -2.11. The van der Waals surface area contributed by atoms with Gasteiger partial charge in [0.1, 0.15) is 0 Å². The third-order valence-electron chi connectivity index (χ3n) is 2.57. The minimum absolute atomic E-state index is 0.000463. The van der Waals surface area contributed by atoms with Crippen LogP contribution in [0.2, 0.25) is 0 Å². The van der Waals surface area contributed by atoms with Crippen LogP contribution in [-0.2, 0) is 14.9 Å². The van der Waals surface area contributed by atoms with E-state index in [1.807, 2.05) is 0 Å². The Morgan fingerprint density at radius 3 is 2.67 bits per heavy atom. The zero-order chi connectivity index (χ0) is 10.9. The quantitative estimate of drug-likeness (QED) is 0.778. The molecule has 1 aliphatic rings. The van der Waals surface area contributed by atoms with E-state index in [9.17, 15) is 8.42 Å². The Balaban J connectivity index is 2.46. The van der Waals surface area contributed by atoms with Gasteiger partial charge >= 0.3 is 0 Å². The molecule has 1 fully saturated rings. The smallest absolute Gasteiger partial charge is 0.294 e. The first kappa shape index (κ1) is 10.6. The van der Waals surface area contributed by atoms with Crippen LogP contribution in [0.1, 0.15) is 17.9 Å². The Morgan fingerprint density at radius 1 is 1.33 bits per heavy atom. The van der Waals surface area contributed by atoms with Crippen LogP contribution in [0.25, 0.3) is 0 Å². The molecule has 5 heteroatoms. The summed E-state index contributed by atoms with van der Waals surface area (Å²) in [5, 5.41) is 0. The van der Waals surface area contributed by atoms with Gasteiger partial charge < -0.3 is 4.74 Å². The van der Waals surface area contributed by atoms with Crippen LogP contribution < -0.4 is 0 Å². The molecule has 1 heterocycles. The van der Waals surface area contributed by atoms with Crippen molar-refractivity contribution >= 4 is 10.1 Å². The maximum atomic E-state index is 11.1. The Kier molecular flexibility index (Phi) is 2.77. The van der Waals surface area contributed by atoms with E-state index in [4.69, 9.17) is 9.29 Å². The van der Waals surface area contributed by atoms with Crippen molar-refractivity contribution in [1.29, 1.82) is 0 Å². The molecule has 1 unspecified atom stereocenters. The van der Waals surface area contributed by atoms with Gasteiger partial charge in [0.25, 0.3) is 10.1 Å². The molecular weight excluding hydrogens is 216 g/mol. The van der Waals surface area contributed by atoms with E-state index in [0.717, 1.165) is 6.42 Å². The summed E-state index contributed by atoms with van der Waals surface area (Å²) < 4.78 is 36.5. The molecular formula is C10H12O4S. The topological polar surface area (TPSA) is 63.6 Å². The van der Waals surface area contributed by atoms with Gasteiger partial charge in [-0.1, -0.05) is 18.2 Å². The maximum Gasteiger partial charge on any atom is 0.294 e. The third-order valence-corrected chi connectivity index (χ3v) is 3.49. The molecule has 0 radical (unpaired) electrons. The number of hydrogen-bond donors (Lipinski definition) is 1. The van der Waals surface area contributed by atoms with Crippen molar-refractivity contribution in [2.45, 2.75) is 17.2 Å². The molecule has 0 aliphatic carbocycles. The van der Waals surface area contributed by atoms with E-state index in [1.54, 1.807) is 18.2 Å². The molecule has 1 atom stereocenters. The van der Waals surface area contributed by atoms with Crippen LogP contribution in [0.15, 0.2) is 29.2 Å². The first-order chi connectivity index (χ1) is 7.09. The van der Waals surface area contributed by atoms with Crippen molar-refractivity contribution in [2.75, 3.05) is 13.2 Å². The molecule has 0 bridgehead atoms. The molecule has 1 N–H and O–H groups in total. The van der Waals surface area contributed by atoms with E-state index in [0.29, 0.717) is 18.8 Å². The van der Waals surface area contributed by atoms with Crippen LogP contribution in [0, 0.1) is 0 Å². The van der Waals surface area contributed by atoms with Gasteiger partial charge in [-0.25, -0.2) is 0 Å². The van der Waals surface area contributed by atoms with E-state index < -0.39 is 10.1 Å². The normalized spacial score (nSPS) is 21.8. The van der Waals surface area contributed by atoms with Crippen molar-refractivity contribution < 1.29 is 17.7 Å². The minimum Gasteiger partial charge on any atom is -0.381 e. The number of rotatable bonds is 2. The molecule has 2 rings (SSSR count). The fourth-order valence-corrected chi connectivity index (χ4v) is 2.62. The van der Waals surface area contributed by atoms with Gasteiger partial charge in [0, 0.05) is 12.5 Å². The van der Waals surface area contributed by atoms with Crippen molar-refractivity contribution in [2.24, 2.45) is 0 Å². The van der Waals surface area contributed by atoms with Crippen LogP contribution in [-0.4, -0.2) is 26.2 Å². The van der Waals surface area contributed by atoms with Crippen LogP contribution >= 0.6 is 0 Å². The Morgan fingerprint density at radius 2 is 2.07 bits per heavy atom. The number of benzene rings is 1. The fourth-order valence-electron chi connectivity index (χ4n) is 1.83. The zero-order valence-corrected chi connectivity index (χ0v) is 8.90. The summed E-state index contributed by atoms with van der Waals surface area (Å²) in [7, 11) is -4.13. The molecule has 15 heavy (non-hydrogen) atoms. The van der Waals surface area contributed by atoms with E-state index in [-0.39, 0.29) is 10.8 Å². The Bertz CT molecular complexity index is 446. The first-order valence-electron chi connectivity index (χ1n) is 4.73. The lowest BCUT2D eigenvalue weighted by molar-refractivity contribution is 0.193. The molecule has 1 aromatic carbocycles. The summed E-state index contributed by atoms with van der Waals surface area (Å²) in [6, 6.07) is 6.51. The monoisotopic (exact) mass is 228 g/mol. The zero-order valence-electron chi connectivity index (χ0n) is 8.09. The first-order valence-corrected chi connectivity index (χ1v) is 6.17. The lowest BCUT2D eigenvalue weighted by atomic mass is 9.99. The van der Waals surface area contributed by atoms with Crippen molar-refractivity contribution in [1.82, 2.24) is 0 Å². The SMILES string of the molecule is O=S(=O)(O)c1ccccc1C1CCOC1. The maximum absolute atomic E-state index is 11.1. The number of ether oxygens (including phenoxy) is 1. The van der Waals surface area contributed by atoms with E-state index in [1.165, 1.54) is 6.07 Å². The molecule has 1 saturated heterocycles. The highest BCUT2D eigenvalue weighted by Gasteiger charge is 2.24. The third kappa shape index (κ3) is 2.19. The highest BCUT2D eigenvalue weighted by Crippen LogP contribution is 2.29. The summed E-state index contributed by atoms with van der Waals surface area (Å²) in [5.74, 6) is 0.0723. The molecule has 0 amide bonds. The Labute approximate surface area is 88.6 Å². The number of hydrogen-bond acceptors (Lipinski definition) is 3. The second-order valence-corrected chi connectivity index (χ2v) is 4.96. The van der Waals surface area contributed by atoms with Crippen molar-refractivity contribution in [3.63, 3.8) is 0 Å². The second kappa shape index (κ2) is 3.92. The van der Waals surface area contributed by atoms with Gasteiger partial charge in [-0.2, -0.15) is 8.42 Å². The van der Waals surface area contributed by atoms with Crippen LogP contribution in [0.5, 0.6) is 0 Å². The Hall–Kier alpha value is -0.910. The molecule has 0 aromatic heterocycles. The summed E-state index contributed by atoms with van der Waals surface area (Å²) in [5.41, 5.74) is 0.650. The highest BCUT2D eigenvalue weighted by molar-refractivity contribution is 7.85. The largest absolute Gasteiger partial charge is 0.381 e. The average molecular weight is 228 g/mol. The molecule has 82 valence electrons. The predicted molar refractivity (Wildman–Crippen MR) is 54.4 cm³/mol. The standard InChI is InChI=1S/C10H12O4S/c11-15(12,13)10-4-2-1-3-9(10)8-5-6-14-7-8/h1-4,8H,5-7H2,(H,11,12,13). The van der Waals surface area contributed by atoms with Crippen LogP contribution in [0.3, 0.4) is 0 Å². The molecule has 0 spiro atoms. The van der Waals surface area contributed by atoms with Gasteiger partial charge in [0.2, 0.25) is 0 Å². The lowest BCUT2D eigenvalue weighted by Crippen LogP contribution is -2.07. The van der Waals surface area contributed by atoms with Gasteiger partial charge in [-0.05, 0) is 18.1 Å². The predicted octanol–water partition coefficient (Wildman–Crippen LogP) is 1.44. The summed E-state index contributed by atoms with van der Waals surface area (Å²) in [6.07, 6.45) is 0.798. The molecule has 1 aromatic rings. The van der Waals surface area contributed by atoms with Crippen molar-refractivity contribution in [3.05, 3.63) is 29.8 Å².